The quantitative estimate of drug-likeness (QED) is 0.175. The molecule has 18 heteroatoms. The van der Waals surface area contributed by atoms with Gasteiger partial charge in [-0.15, -0.1) is 0 Å². The summed E-state index contributed by atoms with van der Waals surface area (Å²) in [6.45, 7) is 8.75. The molecule has 18 nitrogen and oxygen atoms in total. The summed E-state index contributed by atoms with van der Waals surface area (Å²) in [6, 6.07) is 12.6. The maximum absolute atomic E-state index is 13.4. The lowest BCUT2D eigenvalue weighted by atomic mass is 9.95. The summed E-state index contributed by atoms with van der Waals surface area (Å²) < 4.78 is 19.1. The third-order valence-corrected chi connectivity index (χ3v) is 11.7. The number of fused-ring (bicyclic) bond motifs is 2. The molecule has 5 aromatic rings. The molecule has 3 N–H and O–H groups in total. The number of nitrogens with zero attached hydrogens (tertiary/aromatic N) is 8. The van der Waals surface area contributed by atoms with E-state index in [1.54, 1.807) is 35.1 Å². The molecule has 0 saturated carbocycles. The molecule has 7 heterocycles. The van der Waals surface area contributed by atoms with Crippen LogP contribution in [0.3, 0.4) is 0 Å². The second-order valence-electron chi connectivity index (χ2n) is 15.4. The molecule has 59 heavy (non-hydrogen) atoms. The van der Waals surface area contributed by atoms with E-state index < -0.39 is 17.9 Å². The number of hydrogen-bond donors (Lipinski definition) is 3. The van der Waals surface area contributed by atoms with Crippen molar-refractivity contribution in [3.63, 3.8) is 0 Å². The van der Waals surface area contributed by atoms with Crippen LogP contribution in [0.5, 0.6) is 5.75 Å². The van der Waals surface area contributed by atoms with E-state index >= 15 is 0 Å². The van der Waals surface area contributed by atoms with Gasteiger partial charge in [0.05, 0.1) is 37.3 Å². The van der Waals surface area contributed by atoms with Crippen molar-refractivity contribution in [2.75, 3.05) is 99.2 Å². The number of carbonyl (C=O) groups excluding carboxylic acids is 4. The average Bonchev–Trinajstić information content (AvgIpc) is 3.92. The second kappa shape index (κ2) is 16.5. The zero-order valence-corrected chi connectivity index (χ0v) is 32.9. The highest BCUT2D eigenvalue weighted by Gasteiger charge is 2.30. The molecule has 3 aromatic heterocycles. The molecule has 0 radical (unpaired) electrons. The zero-order chi connectivity index (χ0) is 40.5. The lowest BCUT2D eigenvalue weighted by molar-refractivity contribution is -0.134. The molecule has 4 amide bonds. The van der Waals surface area contributed by atoms with Crippen molar-refractivity contribution in [3.8, 4) is 5.75 Å². The summed E-state index contributed by atoms with van der Waals surface area (Å²) >= 11 is 0. The minimum atomic E-state index is -0.756. The van der Waals surface area contributed by atoms with Crippen LogP contribution in [-0.2, 0) is 14.3 Å². The number of carbonyl (C=O) groups is 4. The Hall–Kier alpha value is -6.27. The molecule has 0 aliphatic carbocycles. The highest BCUT2D eigenvalue weighted by molar-refractivity contribution is 6.06. The normalized spacial score (nSPS) is 19.6. The number of hydrogen-bond acceptors (Lipinski definition) is 14. The standard InChI is InChI=1S/C41H47N11O7/c1-57-34-22-27(2-3-28(34)38(54)43-29-5-7-37(53)46-39(29)55)49-11-8-26(9-12-49)25-48-14-16-51(17-15-48)41-45-32-23-33(50-18-20-58-21-19-50)31(24-35(32)59-41)44-40(56)30-4-6-36-42-10-13-52(36)47-30/h2-4,6,10,13,22-24,26,29H,5,7-9,11-12,14-21,25H2,1H3,(H,43,54)(H,44,56)(H,46,53,55). The highest BCUT2D eigenvalue weighted by Crippen LogP contribution is 2.35. The molecular formula is C41H47N11O7. The summed E-state index contributed by atoms with van der Waals surface area (Å²) in [5.74, 6) is -0.564. The maximum atomic E-state index is 13.4. The smallest absolute Gasteiger partial charge is 0.298 e. The number of benzene rings is 2. The number of morpholine rings is 1. The number of methoxy groups -OCH3 is 1. The van der Waals surface area contributed by atoms with E-state index in [1.165, 1.54) is 7.11 Å². The van der Waals surface area contributed by atoms with Crippen molar-refractivity contribution >= 4 is 63.5 Å². The van der Waals surface area contributed by atoms with Crippen LogP contribution >= 0.6 is 0 Å². The van der Waals surface area contributed by atoms with Crippen LogP contribution in [0.1, 0.15) is 46.5 Å². The number of amides is 4. The Morgan fingerprint density at radius 3 is 2.49 bits per heavy atom. The molecule has 2 aromatic carbocycles. The Bertz CT molecular complexity index is 2380. The molecular weight excluding hydrogens is 759 g/mol. The van der Waals surface area contributed by atoms with Gasteiger partial charge in [0.2, 0.25) is 11.8 Å². The van der Waals surface area contributed by atoms with Gasteiger partial charge < -0.3 is 39.2 Å². The fraction of sp³-hybridized carbons (Fsp3) is 0.439. The van der Waals surface area contributed by atoms with Crippen molar-refractivity contribution in [1.82, 2.24) is 35.1 Å². The predicted octanol–water partition coefficient (Wildman–Crippen LogP) is 2.54. The Kier molecular flexibility index (Phi) is 10.7. The fourth-order valence-electron chi connectivity index (χ4n) is 8.37. The van der Waals surface area contributed by atoms with Gasteiger partial charge in [-0.05, 0) is 55.5 Å². The van der Waals surface area contributed by atoms with Crippen molar-refractivity contribution in [2.24, 2.45) is 5.92 Å². The molecule has 0 bridgehead atoms. The average molecular weight is 806 g/mol. The Morgan fingerprint density at radius 2 is 1.71 bits per heavy atom. The number of imidazole rings is 1. The van der Waals surface area contributed by atoms with Gasteiger partial charge in [0, 0.05) is 95.5 Å². The number of aromatic nitrogens is 4. The van der Waals surface area contributed by atoms with Gasteiger partial charge in [0.15, 0.2) is 11.2 Å². The van der Waals surface area contributed by atoms with E-state index in [1.807, 2.05) is 24.3 Å². The van der Waals surface area contributed by atoms with E-state index in [2.05, 4.69) is 45.6 Å². The Balaban J connectivity index is 0.796. The van der Waals surface area contributed by atoms with Crippen LogP contribution in [0.2, 0.25) is 0 Å². The van der Waals surface area contributed by atoms with Crippen molar-refractivity contribution in [2.45, 2.75) is 31.7 Å². The molecule has 4 aliphatic heterocycles. The van der Waals surface area contributed by atoms with Gasteiger partial charge in [0.1, 0.15) is 23.0 Å². The molecule has 9 rings (SSSR count). The number of ether oxygens (including phenoxy) is 2. The van der Waals surface area contributed by atoms with Gasteiger partial charge >= 0.3 is 0 Å². The molecule has 308 valence electrons. The van der Waals surface area contributed by atoms with E-state index in [4.69, 9.17) is 18.9 Å². The van der Waals surface area contributed by atoms with E-state index in [0.29, 0.717) is 66.5 Å². The van der Waals surface area contributed by atoms with E-state index in [-0.39, 0.29) is 30.3 Å². The van der Waals surface area contributed by atoms with Crippen LogP contribution < -0.4 is 35.4 Å². The molecule has 4 aliphatic rings. The minimum Gasteiger partial charge on any atom is -0.496 e. The summed E-state index contributed by atoms with van der Waals surface area (Å²) in [4.78, 5) is 68.5. The third kappa shape index (κ3) is 8.22. The SMILES string of the molecule is COc1cc(N2CCC(CN3CCN(c4nc5cc(N6CCOCC6)c(NC(=O)c6ccc7nccn7n6)cc5o4)CC3)CC2)ccc1C(=O)NC1CCC(=O)NC1=O. The lowest BCUT2D eigenvalue weighted by Crippen LogP contribution is -2.52. The molecule has 1 unspecified atom stereocenters. The molecule has 0 spiro atoms. The first-order valence-electron chi connectivity index (χ1n) is 20.2. The first kappa shape index (κ1) is 38.3. The third-order valence-electron chi connectivity index (χ3n) is 11.7. The van der Waals surface area contributed by atoms with Crippen LogP contribution in [0.4, 0.5) is 23.1 Å². The van der Waals surface area contributed by atoms with Crippen molar-refractivity contribution < 1.29 is 33.1 Å². The van der Waals surface area contributed by atoms with Crippen LogP contribution in [0, 0.1) is 5.92 Å². The van der Waals surface area contributed by atoms with E-state index in [0.717, 1.165) is 75.5 Å². The largest absolute Gasteiger partial charge is 0.496 e. The summed E-state index contributed by atoms with van der Waals surface area (Å²) in [6.07, 6.45) is 5.90. The fourth-order valence-corrected chi connectivity index (χ4v) is 8.37. The van der Waals surface area contributed by atoms with Crippen molar-refractivity contribution in [3.05, 3.63) is 66.1 Å². The van der Waals surface area contributed by atoms with Gasteiger partial charge in [0.25, 0.3) is 17.8 Å². The van der Waals surface area contributed by atoms with E-state index in [9.17, 15) is 19.2 Å². The summed E-state index contributed by atoms with van der Waals surface area (Å²) in [5, 5.41) is 12.5. The Labute approximate surface area is 339 Å². The number of rotatable bonds is 10. The van der Waals surface area contributed by atoms with Crippen LogP contribution in [0.15, 0.2) is 59.3 Å². The topological polar surface area (TPSA) is 192 Å². The number of anilines is 4. The Morgan fingerprint density at radius 1 is 0.898 bits per heavy atom. The monoisotopic (exact) mass is 805 g/mol. The number of oxazole rings is 1. The highest BCUT2D eigenvalue weighted by atomic mass is 16.5. The maximum Gasteiger partial charge on any atom is 0.298 e. The first-order chi connectivity index (χ1) is 28.8. The van der Waals surface area contributed by atoms with Gasteiger partial charge in [-0.3, -0.25) is 29.4 Å². The van der Waals surface area contributed by atoms with Crippen LogP contribution in [0.25, 0.3) is 16.7 Å². The summed E-state index contributed by atoms with van der Waals surface area (Å²) in [7, 11) is 1.53. The van der Waals surface area contributed by atoms with Gasteiger partial charge in [-0.25, -0.2) is 9.50 Å². The molecule has 4 saturated heterocycles. The van der Waals surface area contributed by atoms with Gasteiger partial charge in [-0.2, -0.15) is 10.1 Å². The summed E-state index contributed by atoms with van der Waals surface area (Å²) in [5.41, 5.74) is 5.08. The van der Waals surface area contributed by atoms with Crippen molar-refractivity contribution in [1.29, 1.82) is 0 Å². The minimum absolute atomic E-state index is 0.187. The zero-order valence-electron chi connectivity index (χ0n) is 32.9. The number of piperidine rings is 2. The number of nitrogens with one attached hydrogen (secondary N) is 3. The first-order valence-corrected chi connectivity index (χ1v) is 20.2. The van der Waals surface area contributed by atoms with Gasteiger partial charge in [-0.1, -0.05) is 0 Å². The molecule has 1 atom stereocenters. The second-order valence-corrected chi connectivity index (χ2v) is 15.4. The predicted molar refractivity (Wildman–Crippen MR) is 218 cm³/mol. The van der Waals surface area contributed by atoms with Crippen LogP contribution in [-0.4, -0.2) is 133 Å². The molecule has 4 fully saturated rings. The lowest BCUT2D eigenvalue weighted by Gasteiger charge is -2.39. The number of piperazine rings is 1. The number of imide groups is 1.